The normalized spacial score (nSPS) is 17.1. The molecule has 0 aromatic heterocycles. The van der Waals surface area contributed by atoms with Crippen molar-refractivity contribution < 1.29 is 4.92 Å². The average molecular weight is 365 g/mol. The van der Waals surface area contributed by atoms with Crippen molar-refractivity contribution in [1.29, 1.82) is 0 Å². The predicted octanol–water partition coefficient (Wildman–Crippen LogP) is 5.01. The van der Waals surface area contributed by atoms with E-state index in [2.05, 4.69) is 33.4 Å². The summed E-state index contributed by atoms with van der Waals surface area (Å²) in [5.74, 6) is 1.05. The molecule has 0 amide bonds. The highest BCUT2D eigenvalue weighted by atomic mass is 79.9. The average Bonchev–Trinajstić information content (AvgIpc) is 2.49. The summed E-state index contributed by atoms with van der Waals surface area (Å²) in [5.41, 5.74) is 2.12. The van der Waals surface area contributed by atoms with E-state index in [-0.39, 0.29) is 16.7 Å². The number of nitro benzene ring substituents is 1. The fourth-order valence-electron chi connectivity index (χ4n) is 2.44. The van der Waals surface area contributed by atoms with Crippen LogP contribution in [0.5, 0.6) is 0 Å². The summed E-state index contributed by atoms with van der Waals surface area (Å²) in [5, 5.41) is 14.4. The Morgan fingerprint density at radius 2 is 2.10 bits per heavy atom. The summed E-state index contributed by atoms with van der Waals surface area (Å²) >= 11 is 5.07. The van der Waals surface area contributed by atoms with Crippen molar-refractivity contribution in [3.05, 3.63) is 62.6 Å². The lowest BCUT2D eigenvalue weighted by atomic mass is 10.0. The molecular weight excluding hydrogens is 352 g/mol. The van der Waals surface area contributed by atoms with Gasteiger partial charge in [0.2, 0.25) is 0 Å². The molecule has 0 fully saturated rings. The van der Waals surface area contributed by atoms with Gasteiger partial charge in [0.1, 0.15) is 0 Å². The molecule has 6 heteroatoms. The van der Waals surface area contributed by atoms with Crippen LogP contribution in [0.1, 0.15) is 18.0 Å². The Bertz CT molecular complexity index is 693. The Morgan fingerprint density at radius 1 is 1.29 bits per heavy atom. The number of nitrogens with one attached hydrogen (secondary N) is 1. The van der Waals surface area contributed by atoms with Gasteiger partial charge in [0.25, 0.3) is 5.69 Å². The van der Waals surface area contributed by atoms with Crippen molar-refractivity contribution in [1.82, 2.24) is 0 Å². The van der Waals surface area contributed by atoms with Gasteiger partial charge < -0.3 is 5.32 Å². The molecule has 2 aromatic carbocycles. The number of hydrogen-bond acceptors (Lipinski definition) is 4. The number of fused-ring (bicyclic) bond motifs is 1. The molecule has 0 saturated heterocycles. The fraction of sp³-hybridized carbons (Fsp3) is 0.200. The Balaban J connectivity index is 1.88. The third-order valence-corrected chi connectivity index (χ3v) is 5.24. The lowest BCUT2D eigenvalue weighted by Gasteiger charge is -2.26. The molecule has 1 unspecified atom stereocenters. The van der Waals surface area contributed by atoms with Crippen molar-refractivity contribution >= 4 is 39.1 Å². The summed E-state index contributed by atoms with van der Waals surface area (Å²) in [4.78, 5) is 11.9. The highest BCUT2D eigenvalue weighted by Crippen LogP contribution is 2.38. The zero-order chi connectivity index (χ0) is 14.8. The summed E-state index contributed by atoms with van der Waals surface area (Å²) in [7, 11) is 0. The van der Waals surface area contributed by atoms with Gasteiger partial charge >= 0.3 is 0 Å². The Kier molecular flexibility index (Phi) is 4.17. The molecule has 1 N–H and O–H groups in total. The van der Waals surface area contributed by atoms with Crippen LogP contribution in [-0.2, 0) is 0 Å². The molecule has 108 valence electrons. The number of anilines is 1. The molecule has 1 heterocycles. The topological polar surface area (TPSA) is 55.2 Å². The van der Waals surface area contributed by atoms with Gasteiger partial charge in [0.15, 0.2) is 0 Å². The Labute approximate surface area is 135 Å². The van der Waals surface area contributed by atoms with Crippen molar-refractivity contribution in [3.63, 3.8) is 0 Å². The lowest BCUT2D eigenvalue weighted by Crippen LogP contribution is -2.16. The summed E-state index contributed by atoms with van der Waals surface area (Å²) in [6, 6.07) is 13.7. The lowest BCUT2D eigenvalue weighted by molar-refractivity contribution is -0.385. The van der Waals surface area contributed by atoms with Crippen LogP contribution in [0.15, 0.2) is 51.8 Å². The highest BCUT2D eigenvalue weighted by molar-refractivity contribution is 9.10. The van der Waals surface area contributed by atoms with Gasteiger partial charge in [0.05, 0.1) is 15.4 Å². The van der Waals surface area contributed by atoms with E-state index in [0.717, 1.165) is 17.9 Å². The quantitative estimate of drug-likeness (QED) is 0.614. The SMILES string of the molecule is O=[N+]([O-])c1cc(NC2CCSc3ccccc32)ccc1Br. The van der Waals surface area contributed by atoms with Crippen LogP contribution in [0.3, 0.4) is 0 Å². The van der Waals surface area contributed by atoms with E-state index in [1.165, 1.54) is 10.5 Å². The van der Waals surface area contributed by atoms with Crippen molar-refractivity contribution in [2.24, 2.45) is 0 Å². The van der Waals surface area contributed by atoms with Gasteiger partial charge in [-0.1, -0.05) is 18.2 Å². The maximum Gasteiger partial charge on any atom is 0.285 e. The highest BCUT2D eigenvalue weighted by Gasteiger charge is 2.21. The van der Waals surface area contributed by atoms with E-state index in [1.807, 2.05) is 30.0 Å². The van der Waals surface area contributed by atoms with Crippen molar-refractivity contribution in [2.45, 2.75) is 17.4 Å². The number of rotatable bonds is 3. The maximum absolute atomic E-state index is 11.0. The molecule has 1 atom stereocenters. The van der Waals surface area contributed by atoms with Gasteiger partial charge in [0, 0.05) is 22.4 Å². The first-order valence-electron chi connectivity index (χ1n) is 6.57. The van der Waals surface area contributed by atoms with Gasteiger partial charge in [-0.3, -0.25) is 10.1 Å². The number of nitrogens with zero attached hydrogens (tertiary/aromatic N) is 1. The minimum Gasteiger partial charge on any atom is -0.378 e. The van der Waals surface area contributed by atoms with E-state index < -0.39 is 0 Å². The largest absolute Gasteiger partial charge is 0.378 e. The van der Waals surface area contributed by atoms with E-state index in [1.54, 1.807) is 12.1 Å². The van der Waals surface area contributed by atoms with E-state index in [9.17, 15) is 10.1 Å². The molecule has 21 heavy (non-hydrogen) atoms. The maximum atomic E-state index is 11.0. The van der Waals surface area contributed by atoms with Crippen LogP contribution in [0, 0.1) is 10.1 Å². The second-order valence-electron chi connectivity index (χ2n) is 4.80. The molecular formula is C15H13BrN2O2S. The first-order valence-corrected chi connectivity index (χ1v) is 8.35. The third kappa shape index (κ3) is 3.06. The molecule has 0 aliphatic carbocycles. The molecule has 0 spiro atoms. The minimum absolute atomic E-state index is 0.0819. The molecule has 4 nitrogen and oxygen atoms in total. The number of hydrogen-bond donors (Lipinski definition) is 1. The van der Waals surface area contributed by atoms with Crippen LogP contribution >= 0.6 is 27.7 Å². The summed E-state index contributed by atoms with van der Waals surface area (Å²) < 4.78 is 0.498. The van der Waals surface area contributed by atoms with Gasteiger partial charge in [-0.05, 0) is 46.1 Å². The molecule has 0 bridgehead atoms. The van der Waals surface area contributed by atoms with Crippen molar-refractivity contribution in [2.75, 3.05) is 11.1 Å². The third-order valence-electron chi connectivity index (χ3n) is 3.44. The predicted molar refractivity (Wildman–Crippen MR) is 88.9 cm³/mol. The molecule has 1 aliphatic rings. The summed E-state index contributed by atoms with van der Waals surface area (Å²) in [6.45, 7) is 0. The monoisotopic (exact) mass is 364 g/mol. The van der Waals surface area contributed by atoms with Crippen LogP contribution in [0.25, 0.3) is 0 Å². The van der Waals surface area contributed by atoms with E-state index in [0.29, 0.717) is 4.47 Å². The van der Waals surface area contributed by atoms with Crippen LogP contribution < -0.4 is 5.32 Å². The second-order valence-corrected chi connectivity index (χ2v) is 6.79. The van der Waals surface area contributed by atoms with Gasteiger partial charge in [-0.15, -0.1) is 11.8 Å². The zero-order valence-electron chi connectivity index (χ0n) is 11.1. The Morgan fingerprint density at radius 3 is 2.90 bits per heavy atom. The van der Waals surface area contributed by atoms with E-state index >= 15 is 0 Å². The minimum atomic E-state index is -0.375. The van der Waals surface area contributed by atoms with Crippen LogP contribution in [0.4, 0.5) is 11.4 Å². The fourth-order valence-corrected chi connectivity index (χ4v) is 3.95. The Hall–Kier alpha value is -1.53. The van der Waals surface area contributed by atoms with E-state index in [4.69, 9.17) is 0 Å². The number of benzene rings is 2. The van der Waals surface area contributed by atoms with Gasteiger partial charge in [-0.25, -0.2) is 0 Å². The molecule has 2 aromatic rings. The second kappa shape index (κ2) is 6.07. The number of thioether (sulfide) groups is 1. The van der Waals surface area contributed by atoms with Crippen LogP contribution in [-0.4, -0.2) is 10.7 Å². The molecule has 0 saturated carbocycles. The number of halogens is 1. The van der Waals surface area contributed by atoms with Crippen molar-refractivity contribution in [3.8, 4) is 0 Å². The first kappa shape index (κ1) is 14.4. The standard InChI is InChI=1S/C15H13BrN2O2S/c16-12-6-5-10(9-14(12)18(19)20)17-13-7-8-21-15-4-2-1-3-11(13)15/h1-6,9,13,17H,7-8H2. The molecule has 3 rings (SSSR count). The summed E-state index contributed by atoms with van der Waals surface area (Å²) in [6.07, 6.45) is 1.01. The molecule has 0 radical (unpaired) electrons. The molecule has 1 aliphatic heterocycles. The zero-order valence-corrected chi connectivity index (χ0v) is 13.5. The van der Waals surface area contributed by atoms with Gasteiger partial charge in [-0.2, -0.15) is 0 Å². The smallest absolute Gasteiger partial charge is 0.285 e. The van der Waals surface area contributed by atoms with Crippen LogP contribution in [0.2, 0.25) is 0 Å². The first-order chi connectivity index (χ1) is 10.1. The number of nitro groups is 1.